The zero-order valence-corrected chi connectivity index (χ0v) is 15.9. The van der Waals surface area contributed by atoms with Gasteiger partial charge in [0.15, 0.2) is 4.91 Å². The highest BCUT2D eigenvalue weighted by Gasteiger charge is 2.41. The molecule has 1 aromatic carbocycles. The molecule has 0 aromatic heterocycles. The molecular weight excluding hydrogens is 352 g/mol. The lowest BCUT2D eigenvalue weighted by molar-refractivity contribution is 0.0932. The second kappa shape index (κ2) is 7.32. The highest BCUT2D eigenvalue weighted by atomic mass is 32.2. The number of carbonyl (C=O) groups excluding carboxylic acids is 2. The predicted octanol–water partition coefficient (Wildman–Crippen LogP) is 2.34. The molecule has 26 heavy (non-hydrogen) atoms. The normalized spacial score (nSPS) is 19.1. The lowest BCUT2D eigenvalue weighted by Gasteiger charge is -2.35. The van der Waals surface area contributed by atoms with Crippen LogP contribution >= 0.6 is 0 Å². The van der Waals surface area contributed by atoms with Crippen LogP contribution in [0.2, 0.25) is 0 Å². The summed E-state index contributed by atoms with van der Waals surface area (Å²) in [7, 11) is -4.06. The van der Waals surface area contributed by atoms with Gasteiger partial charge in [-0.25, -0.2) is 13.1 Å². The topological polar surface area (TPSA) is 83.6 Å². The molecule has 1 aliphatic carbocycles. The monoisotopic (exact) mass is 376 g/mol. The van der Waals surface area contributed by atoms with Crippen LogP contribution in [0.4, 0.5) is 0 Å². The fourth-order valence-electron chi connectivity index (χ4n) is 3.42. The van der Waals surface area contributed by atoms with E-state index >= 15 is 0 Å². The van der Waals surface area contributed by atoms with Gasteiger partial charge in [0.05, 0.1) is 0 Å². The summed E-state index contributed by atoms with van der Waals surface area (Å²) in [6.45, 7) is 5.34. The minimum absolute atomic E-state index is 0.0317. The maximum absolute atomic E-state index is 13.1. The first-order valence-electron chi connectivity index (χ1n) is 9.04. The average molecular weight is 376 g/mol. The zero-order chi connectivity index (χ0) is 18.9. The number of nitrogens with zero attached hydrogens (tertiary/aromatic N) is 1. The van der Waals surface area contributed by atoms with Crippen LogP contribution in [0.1, 0.15) is 53.8 Å². The Morgan fingerprint density at radius 3 is 2.23 bits per heavy atom. The zero-order valence-electron chi connectivity index (χ0n) is 15.1. The van der Waals surface area contributed by atoms with Gasteiger partial charge in [-0.05, 0) is 25.2 Å². The van der Waals surface area contributed by atoms with E-state index in [4.69, 9.17) is 0 Å². The van der Waals surface area contributed by atoms with Crippen molar-refractivity contribution in [2.24, 2.45) is 5.92 Å². The van der Waals surface area contributed by atoms with Crippen molar-refractivity contribution >= 4 is 21.6 Å². The largest absolute Gasteiger partial charge is 0.367 e. The highest BCUT2D eigenvalue weighted by molar-refractivity contribution is 7.94. The maximum Gasteiger partial charge on any atom is 0.246 e. The van der Waals surface area contributed by atoms with Gasteiger partial charge in [0.2, 0.25) is 21.6 Å². The Hall–Kier alpha value is -1.99. The third-order valence-corrected chi connectivity index (χ3v) is 6.46. The number of sulfonamides is 1. The van der Waals surface area contributed by atoms with Gasteiger partial charge in [0.1, 0.15) is 5.70 Å². The fraction of sp³-hybridized carbons (Fsp3) is 0.474. The number of Topliss-reactive ketones (excluding diaryl/α,β-unsaturated/α-hetero) is 2. The van der Waals surface area contributed by atoms with E-state index in [1.165, 1.54) is 6.07 Å². The maximum atomic E-state index is 13.1. The summed E-state index contributed by atoms with van der Waals surface area (Å²) in [6.07, 6.45) is 2.33. The lowest BCUT2D eigenvalue weighted by Crippen LogP contribution is -2.42. The molecule has 0 amide bonds. The predicted molar refractivity (Wildman–Crippen MR) is 99.3 cm³/mol. The van der Waals surface area contributed by atoms with Crippen molar-refractivity contribution in [2.75, 3.05) is 19.6 Å². The van der Waals surface area contributed by atoms with Crippen molar-refractivity contribution in [3.63, 3.8) is 0 Å². The number of rotatable bonds is 5. The summed E-state index contributed by atoms with van der Waals surface area (Å²) in [4.78, 5) is 27.5. The number of nitrogens with one attached hydrogen (secondary N) is 1. The number of hydrogen-bond donors (Lipinski definition) is 1. The molecule has 1 heterocycles. The van der Waals surface area contributed by atoms with Crippen molar-refractivity contribution in [1.82, 2.24) is 9.62 Å². The molecule has 0 atom stereocenters. The minimum Gasteiger partial charge on any atom is -0.367 e. The van der Waals surface area contributed by atoms with Gasteiger partial charge in [-0.15, -0.1) is 0 Å². The van der Waals surface area contributed by atoms with Gasteiger partial charge in [-0.2, -0.15) is 0 Å². The van der Waals surface area contributed by atoms with Crippen LogP contribution in [0.15, 0.2) is 34.9 Å². The molecule has 1 saturated heterocycles. The first-order valence-corrected chi connectivity index (χ1v) is 10.5. The van der Waals surface area contributed by atoms with E-state index in [-0.39, 0.29) is 29.2 Å². The quantitative estimate of drug-likeness (QED) is 0.853. The van der Waals surface area contributed by atoms with E-state index in [0.717, 1.165) is 12.8 Å². The number of carbonyl (C=O) groups is 2. The smallest absolute Gasteiger partial charge is 0.246 e. The summed E-state index contributed by atoms with van der Waals surface area (Å²) in [5.41, 5.74) is 0.466. The summed E-state index contributed by atoms with van der Waals surface area (Å²) in [5, 5.41) is 0. The molecule has 0 saturated carbocycles. The van der Waals surface area contributed by atoms with Crippen molar-refractivity contribution in [3.05, 3.63) is 46.0 Å². The second-order valence-corrected chi connectivity index (χ2v) is 8.65. The summed E-state index contributed by atoms with van der Waals surface area (Å²) in [6, 6.07) is 6.43. The van der Waals surface area contributed by atoms with Crippen LogP contribution in [-0.4, -0.2) is 44.5 Å². The molecular formula is C19H24N2O4S. The van der Waals surface area contributed by atoms with Crippen molar-refractivity contribution in [2.45, 2.75) is 33.1 Å². The van der Waals surface area contributed by atoms with E-state index < -0.39 is 20.7 Å². The van der Waals surface area contributed by atoms with Crippen LogP contribution in [0, 0.1) is 5.92 Å². The molecule has 1 N–H and O–H groups in total. The van der Waals surface area contributed by atoms with Crippen LogP contribution in [0.3, 0.4) is 0 Å². The van der Waals surface area contributed by atoms with Gasteiger partial charge < -0.3 is 4.90 Å². The Labute approximate surface area is 154 Å². The highest BCUT2D eigenvalue weighted by Crippen LogP contribution is 2.33. The number of benzene rings is 1. The van der Waals surface area contributed by atoms with Crippen LogP contribution in [-0.2, 0) is 10.0 Å². The summed E-state index contributed by atoms with van der Waals surface area (Å²) < 4.78 is 28.2. The Kier molecular flexibility index (Phi) is 5.29. The molecule has 140 valence electrons. The number of allylic oxidation sites excluding steroid dienone is 2. The Bertz CT molecular complexity index is 865. The molecule has 0 bridgehead atoms. The van der Waals surface area contributed by atoms with Crippen LogP contribution in [0.5, 0.6) is 0 Å². The minimum atomic E-state index is -4.06. The summed E-state index contributed by atoms with van der Waals surface area (Å²) in [5.74, 6) is -0.462. The van der Waals surface area contributed by atoms with Gasteiger partial charge in [0.25, 0.3) is 0 Å². The van der Waals surface area contributed by atoms with E-state index in [0.29, 0.717) is 25.4 Å². The van der Waals surface area contributed by atoms with E-state index in [1.807, 2.05) is 6.92 Å². The first kappa shape index (κ1) is 18.8. The van der Waals surface area contributed by atoms with Gasteiger partial charge in [0, 0.05) is 30.8 Å². The van der Waals surface area contributed by atoms with Gasteiger partial charge >= 0.3 is 0 Å². The number of ketones is 2. The van der Waals surface area contributed by atoms with Crippen molar-refractivity contribution in [3.8, 4) is 0 Å². The Morgan fingerprint density at radius 1 is 1.08 bits per heavy atom. The molecule has 1 fully saturated rings. The van der Waals surface area contributed by atoms with E-state index in [2.05, 4.69) is 11.6 Å². The lowest BCUT2D eigenvalue weighted by atomic mass is 9.90. The van der Waals surface area contributed by atoms with Gasteiger partial charge in [-0.1, -0.05) is 38.1 Å². The third kappa shape index (κ3) is 3.33. The average Bonchev–Trinajstić information content (AvgIpc) is 2.63. The molecule has 1 aromatic rings. The Balaban J connectivity index is 2.15. The van der Waals surface area contributed by atoms with E-state index in [9.17, 15) is 18.0 Å². The molecule has 6 nitrogen and oxygen atoms in total. The van der Waals surface area contributed by atoms with E-state index in [1.54, 1.807) is 23.1 Å². The van der Waals surface area contributed by atoms with Gasteiger partial charge in [-0.3, -0.25) is 9.59 Å². The molecule has 1 aliphatic heterocycles. The van der Waals surface area contributed by atoms with Crippen LogP contribution in [0.25, 0.3) is 0 Å². The molecule has 3 rings (SSSR count). The molecule has 0 spiro atoms. The molecule has 0 unspecified atom stereocenters. The number of piperidine rings is 1. The number of likely N-dealkylation sites (tertiary alicyclic amines) is 1. The number of hydrogen-bond acceptors (Lipinski definition) is 5. The molecule has 2 aliphatic rings. The van der Waals surface area contributed by atoms with Crippen molar-refractivity contribution in [1.29, 1.82) is 0 Å². The van der Waals surface area contributed by atoms with Crippen LogP contribution < -0.4 is 4.72 Å². The van der Waals surface area contributed by atoms with Crippen molar-refractivity contribution < 1.29 is 18.0 Å². The Morgan fingerprint density at radius 2 is 1.65 bits per heavy atom. The fourth-order valence-corrected chi connectivity index (χ4v) is 4.86. The number of fused-ring (bicyclic) bond motifs is 1. The summed E-state index contributed by atoms with van der Waals surface area (Å²) >= 11 is 0. The second-order valence-electron chi connectivity index (χ2n) is 6.95. The molecule has 7 heteroatoms. The SMILES string of the molecule is CCCNS(=O)(=O)C1=C(N2CCC(C)CC2)C(=O)c2ccccc2C1=O. The molecule has 0 radical (unpaired) electrons. The standard InChI is InChI=1S/C19H24N2O4S/c1-3-10-20-26(24,25)19-16(21-11-8-13(2)9-12-21)17(22)14-6-4-5-7-15(14)18(19)23/h4-7,13,20H,3,8-12H2,1-2H3. The third-order valence-electron chi connectivity index (χ3n) is 4.96. The first-order chi connectivity index (χ1) is 12.4.